The fourth-order valence-electron chi connectivity index (χ4n) is 2.70. The molecular formula is C16H34ClNOS. The number of unbranched alkanes of at least 4 members (excludes halogenated alkanes) is 5. The number of hydrogen-bond acceptors (Lipinski definition) is 3. The summed E-state index contributed by atoms with van der Waals surface area (Å²) in [7, 11) is 0. The van der Waals surface area contributed by atoms with Gasteiger partial charge < -0.3 is 10.0 Å². The van der Waals surface area contributed by atoms with Crippen molar-refractivity contribution in [3.05, 3.63) is 0 Å². The van der Waals surface area contributed by atoms with E-state index in [-0.39, 0.29) is 18.5 Å². The van der Waals surface area contributed by atoms with Gasteiger partial charge in [0.25, 0.3) is 0 Å². The molecule has 0 saturated carbocycles. The largest absolute Gasteiger partial charge is 0.391 e. The van der Waals surface area contributed by atoms with Crippen molar-refractivity contribution in [2.75, 3.05) is 31.1 Å². The van der Waals surface area contributed by atoms with Crippen molar-refractivity contribution < 1.29 is 5.11 Å². The van der Waals surface area contributed by atoms with E-state index in [4.69, 9.17) is 0 Å². The van der Waals surface area contributed by atoms with Gasteiger partial charge in [-0.25, -0.2) is 0 Å². The van der Waals surface area contributed by atoms with E-state index in [0.717, 1.165) is 12.3 Å². The Morgan fingerprint density at radius 3 is 2.35 bits per heavy atom. The van der Waals surface area contributed by atoms with Crippen molar-refractivity contribution in [2.45, 2.75) is 70.8 Å². The Bertz CT molecular complexity index is 201. The van der Waals surface area contributed by atoms with Gasteiger partial charge in [0, 0.05) is 12.3 Å². The molecule has 0 amide bonds. The lowest BCUT2D eigenvalue weighted by atomic mass is 10.1. The average Bonchev–Trinajstić information content (AvgIpc) is 2.43. The molecule has 1 heterocycles. The van der Waals surface area contributed by atoms with Crippen LogP contribution in [-0.2, 0) is 0 Å². The van der Waals surface area contributed by atoms with Crippen LogP contribution in [0.25, 0.3) is 0 Å². The van der Waals surface area contributed by atoms with Gasteiger partial charge in [-0.05, 0) is 38.1 Å². The Morgan fingerprint density at radius 2 is 1.65 bits per heavy atom. The lowest BCUT2D eigenvalue weighted by Gasteiger charge is -2.28. The van der Waals surface area contributed by atoms with E-state index in [1.54, 1.807) is 0 Å². The van der Waals surface area contributed by atoms with Crippen LogP contribution in [0.1, 0.15) is 64.7 Å². The van der Waals surface area contributed by atoms with Gasteiger partial charge in [-0.1, -0.05) is 45.4 Å². The molecule has 1 N–H and O–H groups in total. The quantitative estimate of drug-likeness (QED) is 0.572. The van der Waals surface area contributed by atoms with Crippen LogP contribution in [0.5, 0.6) is 0 Å². The average molecular weight is 324 g/mol. The predicted molar refractivity (Wildman–Crippen MR) is 94.2 cm³/mol. The second-order valence-corrected chi connectivity index (χ2v) is 7.01. The molecule has 0 bridgehead atoms. The second kappa shape index (κ2) is 14.5. The van der Waals surface area contributed by atoms with Crippen LogP contribution in [-0.4, -0.2) is 47.3 Å². The molecule has 4 heteroatoms. The highest BCUT2D eigenvalue weighted by Gasteiger charge is 2.14. The number of piperidine rings is 1. The Morgan fingerprint density at radius 1 is 1.00 bits per heavy atom. The zero-order valence-electron chi connectivity index (χ0n) is 13.2. The van der Waals surface area contributed by atoms with Crippen LogP contribution in [0.4, 0.5) is 0 Å². The lowest BCUT2D eigenvalue weighted by molar-refractivity contribution is 0.117. The van der Waals surface area contributed by atoms with Crippen molar-refractivity contribution in [1.82, 2.24) is 4.90 Å². The molecule has 1 saturated heterocycles. The molecule has 1 aliphatic rings. The van der Waals surface area contributed by atoms with Crippen LogP contribution in [0.15, 0.2) is 0 Å². The molecule has 1 aliphatic heterocycles. The Labute approximate surface area is 136 Å². The molecule has 0 aromatic carbocycles. The van der Waals surface area contributed by atoms with E-state index in [2.05, 4.69) is 11.8 Å². The number of β-amino-alcohol motifs (C(OH)–C–C–N with tert-alkyl or cyclic N) is 1. The van der Waals surface area contributed by atoms with Gasteiger partial charge in [0.1, 0.15) is 0 Å². The molecule has 1 unspecified atom stereocenters. The molecule has 0 aromatic rings. The number of aliphatic hydroxyl groups excluding tert-OH is 1. The standard InChI is InChI=1S/C16H33NOS.ClH/c1-2-3-4-5-6-10-13-19-15-16(18)14-17-11-8-7-9-12-17;/h16,18H,2-15H2,1H3;1H. The molecule has 122 valence electrons. The van der Waals surface area contributed by atoms with Crippen molar-refractivity contribution in [3.63, 3.8) is 0 Å². The summed E-state index contributed by atoms with van der Waals surface area (Å²) in [6, 6.07) is 0. The third kappa shape index (κ3) is 11.2. The number of aliphatic hydroxyl groups is 1. The monoisotopic (exact) mass is 323 g/mol. The Balaban J connectivity index is 0.00000361. The van der Waals surface area contributed by atoms with E-state index in [1.165, 1.54) is 76.6 Å². The van der Waals surface area contributed by atoms with Gasteiger partial charge in [-0.2, -0.15) is 11.8 Å². The third-order valence-electron chi connectivity index (χ3n) is 3.87. The molecule has 0 aromatic heterocycles. The highest BCUT2D eigenvalue weighted by atomic mass is 35.5. The Hall–Kier alpha value is 0.560. The molecule has 2 nitrogen and oxygen atoms in total. The maximum absolute atomic E-state index is 10.0. The normalized spacial score (nSPS) is 17.7. The van der Waals surface area contributed by atoms with Crippen LogP contribution in [0.2, 0.25) is 0 Å². The highest BCUT2D eigenvalue weighted by molar-refractivity contribution is 7.99. The molecular weight excluding hydrogens is 290 g/mol. The molecule has 0 spiro atoms. The van der Waals surface area contributed by atoms with Crippen molar-refractivity contribution in [2.24, 2.45) is 0 Å². The first-order chi connectivity index (χ1) is 9.33. The fourth-order valence-corrected chi connectivity index (χ4v) is 3.65. The van der Waals surface area contributed by atoms with E-state index in [9.17, 15) is 5.11 Å². The highest BCUT2D eigenvalue weighted by Crippen LogP contribution is 2.13. The van der Waals surface area contributed by atoms with E-state index in [1.807, 2.05) is 11.8 Å². The number of halogens is 1. The van der Waals surface area contributed by atoms with Crippen LogP contribution in [0, 0.1) is 0 Å². The third-order valence-corrected chi connectivity index (χ3v) is 5.07. The predicted octanol–water partition coefficient (Wildman–Crippen LogP) is 4.35. The minimum Gasteiger partial charge on any atom is -0.391 e. The van der Waals surface area contributed by atoms with Crippen LogP contribution < -0.4 is 0 Å². The molecule has 1 atom stereocenters. The topological polar surface area (TPSA) is 23.5 Å². The van der Waals surface area contributed by atoms with E-state index >= 15 is 0 Å². The first-order valence-electron chi connectivity index (χ1n) is 8.31. The second-order valence-electron chi connectivity index (χ2n) is 5.86. The Kier molecular flexibility index (Phi) is 14.9. The summed E-state index contributed by atoms with van der Waals surface area (Å²) in [6.45, 7) is 5.54. The maximum Gasteiger partial charge on any atom is 0.0757 e. The van der Waals surface area contributed by atoms with Crippen LogP contribution in [0.3, 0.4) is 0 Å². The molecule has 1 fully saturated rings. The molecule has 0 aliphatic carbocycles. The van der Waals surface area contributed by atoms with Gasteiger partial charge in [0.05, 0.1) is 6.10 Å². The van der Waals surface area contributed by atoms with Gasteiger partial charge >= 0.3 is 0 Å². The minimum atomic E-state index is -0.122. The summed E-state index contributed by atoms with van der Waals surface area (Å²) < 4.78 is 0. The first-order valence-corrected chi connectivity index (χ1v) is 9.46. The van der Waals surface area contributed by atoms with E-state index in [0.29, 0.717) is 0 Å². The smallest absolute Gasteiger partial charge is 0.0757 e. The number of thioether (sulfide) groups is 1. The maximum atomic E-state index is 10.0. The van der Waals surface area contributed by atoms with E-state index < -0.39 is 0 Å². The van der Waals surface area contributed by atoms with Crippen molar-refractivity contribution in [3.8, 4) is 0 Å². The van der Waals surface area contributed by atoms with Gasteiger partial charge in [-0.15, -0.1) is 12.4 Å². The van der Waals surface area contributed by atoms with Gasteiger partial charge in [-0.3, -0.25) is 0 Å². The zero-order chi connectivity index (χ0) is 13.8. The van der Waals surface area contributed by atoms with Crippen LogP contribution >= 0.6 is 24.2 Å². The number of rotatable bonds is 11. The van der Waals surface area contributed by atoms with Gasteiger partial charge in [0.15, 0.2) is 0 Å². The summed E-state index contributed by atoms with van der Waals surface area (Å²) >= 11 is 1.94. The SMILES string of the molecule is CCCCCCCCSCC(O)CN1CCCCC1.Cl. The van der Waals surface area contributed by atoms with Crippen molar-refractivity contribution >= 4 is 24.2 Å². The van der Waals surface area contributed by atoms with Gasteiger partial charge in [0.2, 0.25) is 0 Å². The zero-order valence-corrected chi connectivity index (χ0v) is 14.8. The fraction of sp³-hybridized carbons (Fsp3) is 1.00. The molecule has 1 rings (SSSR count). The summed E-state index contributed by atoms with van der Waals surface area (Å²) in [5, 5.41) is 10.0. The summed E-state index contributed by atoms with van der Waals surface area (Å²) in [5.41, 5.74) is 0. The lowest BCUT2D eigenvalue weighted by Crippen LogP contribution is -2.37. The summed E-state index contributed by atoms with van der Waals surface area (Å²) in [4.78, 5) is 2.43. The van der Waals surface area contributed by atoms with Crippen molar-refractivity contribution in [1.29, 1.82) is 0 Å². The summed E-state index contributed by atoms with van der Waals surface area (Å²) in [5.74, 6) is 2.15. The minimum absolute atomic E-state index is 0. The molecule has 20 heavy (non-hydrogen) atoms. The number of likely N-dealkylation sites (tertiary alicyclic amines) is 1. The number of hydrogen-bond donors (Lipinski definition) is 1. The number of nitrogens with zero attached hydrogens (tertiary/aromatic N) is 1. The summed E-state index contributed by atoms with van der Waals surface area (Å²) in [6.07, 6.45) is 12.1. The first kappa shape index (κ1) is 20.6. The molecule has 0 radical (unpaired) electrons.